The fourth-order valence-corrected chi connectivity index (χ4v) is 1.74. The lowest BCUT2D eigenvalue weighted by Gasteiger charge is -2.01. The van der Waals surface area contributed by atoms with Gasteiger partial charge in [0.15, 0.2) is 5.03 Å². The zero-order valence-electron chi connectivity index (χ0n) is 9.87. The number of nitrogens with one attached hydrogen (secondary N) is 2. The largest absolute Gasteiger partial charge is 0.355 e. The number of rotatable bonds is 6. The van der Waals surface area contributed by atoms with E-state index in [1.807, 2.05) is 5.43 Å². The highest BCUT2D eigenvalue weighted by atomic mass is 32.2. The minimum Gasteiger partial charge on any atom is -0.355 e. The van der Waals surface area contributed by atoms with Gasteiger partial charge < -0.3 is 5.32 Å². The van der Waals surface area contributed by atoms with Crippen molar-refractivity contribution in [2.75, 3.05) is 19.3 Å². The summed E-state index contributed by atoms with van der Waals surface area (Å²) in [6.07, 6.45) is 3.39. The maximum absolute atomic E-state index is 10.2. The minimum absolute atomic E-state index is 0.150. The number of hydrazine groups is 1. The molecule has 0 amide bonds. The lowest BCUT2D eigenvalue weighted by molar-refractivity contribution is -0.525. The highest BCUT2D eigenvalue weighted by molar-refractivity contribution is 7.98. The van der Waals surface area contributed by atoms with Crippen LogP contribution in [0.4, 0.5) is 0 Å². The molecule has 0 unspecified atom stereocenters. The van der Waals surface area contributed by atoms with E-state index in [0.29, 0.717) is 12.3 Å². The van der Waals surface area contributed by atoms with Gasteiger partial charge in [-0.3, -0.25) is 0 Å². The second kappa shape index (κ2) is 8.23. The van der Waals surface area contributed by atoms with Crippen LogP contribution in [0.25, 0.3) is 0 Å². The molecule has 0 saturated heterocycles. The van der Waals surface area contributed by atoms with Crippen LogP contribution in [0.2, 0.25) is 0 Å². The summed E-state index contributed by atoms with van der Waals surface area (Å²) in [5.74, 6) is 2.36. The third-order valence-corrected chi connectivity index (χ3v) is 2.72. The van der Waals surface area contributed by atoms with E-state index >= 15 is 0 Å². The first kappa shape index (κ1) is 14.2. The average molecular weight is 270 g/mol. The molecule has 0 atom stereocenters. The van der Waals surface area contributed by atoms with Crippen LogP contribution >= 0.6 is 11.8 Å². The maximum atomic E-state index is 10.2. The van der Waals surface area contributed by atoms with Gasteiger partial charge in [-0.15, -0.1) is 0 Å². The molecule has 0 aliphatic rings. The summed E-state index contributed by atoms with van der Waals surface area (Å²) < 4.78 is 0. The van der Waals surface area contributed by atoms with Gasteiger partial charge in [0.2, 0.25) is 0 Å². The Morgan fingerprint density at radius 3 is 2.89 bits per heavy atom. The summed E-state index contributed by atoms with van der Waals surface area (Å²) >= 11 is 1.62. The zero-order chi connectivity index (χ0) is 13.2. The van der Waals surface area contributed by atoms with Gasteiger partial charge in [-0.05, 0) is 6.07 Å². The van der Waals surface area contributed by atoms with Gasteiger partial charge >= 0.3 is 0 Å². The second-order valence-corrected chi connectivity index (χ2v) is 4.17. The number of nitrogens with zero attached hydrogens (tertiary/aromatic N) is 4. The first-order valence-corrected chi connectivity index (χ1v) is 6.34. The molecule has 1 rings (SSSR count). The van der Waals surface area contributed by atoms with Crippen LogP contribution in [-0.2, 0) is 5.75 Å². The van der Waals surface area contributed by atoms with Crippen molar-refractivity contribution in [3.05, 3.63) is 34.4 Å². The summed E-state index contributed by atoms with van der Waals surface area (Å²) in [6, 6.07) is 1.76. The Hall–Kier alpha value is -1.90. The van der Waals surface area contributed by atoms with Crippen LogP contribution in [0, 0.1) is 10.1 Å². The van der Waals surface area contributed by atoms with Gasteiger partial charge in [-0.1, -0.05) is 5.43 Å². The van der Waals surface area contributed by atoms with Crippen LogP contribution in [0.1, 0.15) is 5.82 Å². The van der Waals surface area contributed by atoms with Crippen molar-refractivity contribution in [3.63, 3.8) is 0 Å². The molecule has 2 N–H and O–H groups in total. The summed E-state index contributed by atoms with van der Waals surface area (Å²) in [5.41, 5.74) is 1.97. The first-order chi connectivity index (χ1) is 8.72. The molecular formula is C9H14N6O2S. The molecule has 18 heavy (non-hydrogen) atoms. The molecule has 0 saturated carbocycles. The number of hydrogen-bond donors (Lipinski definition) is 2. The average Bonchev–Trinajstić information content (AvgIpc) is 2.37. The number of guanidine groups is 1. The van der Waals surface area contributed by atoms with E-state index in [9.17, 15) is 10.1 Å². The summed E-state index contributed by atoms with van der Waals surface area (Å²) in [4.78, 5) is 22.4. The SMILES string of the molecule is CNC(=NCCSCc1ncccn1)N[N+](=O)[O-]. The fraction of sp³-hybridized carbons (Fsp3) is 0.444. The Kier molecular flexibility index (Phi) is 6.47. The highest BCUT2D eigenvalue weighted by Crippen LogP contribution is 2.06. The van der Waals surface area contributed by atoms with E-state index in [4.69, 9.17) is 0 Å². The summed E-state index contributed by atoms with van der Waals surface area (Å²) in [6.45, 7) is 0.481. The quantitative estimate of drug-likeness (QED) is 0.248. The second-order valence-electron chi connectivity index (χ2n) is 3.07. The molecule has 0 fully saturated rings. The Morgan fingerprint density at radius 1 is 1.56 bits per heavy atom. The molecule has 1 aromatic rings. The van der Waals surface area contributed by atoms with Crippen molar-refractivity contribution in [2.45, 2.75) is 5.75 Å². The Morgan fingerprint density at radius 2 is 2.28 bits per heavy atom. The van der Waals surface area contributed by atoms with Crippen molar-refractivity contribution >= 4 is 17.7 Å². The Labute approximate surface area is 108 Å². The van der Waals surface area contributed by atoms with Gasteiger partial charge in [-0.2, -0.15) is 11.8 Å². The highest BCUT2D eigenvalue weighted by Gasteiger charge is 2.01. The monoisotopic (exact) mass is 270 g/mol. The van der Waals surface area contributed by atoms with E-state index in [0.717, 1.165) is 11.6 Å². The van der Waals surface area contributed by atoms with E-state index in [-0.39, 0.29) is 5.96 Å². The molecule has 9 heteroatoms. The van der Waals surface area contributed by atoms with E-state index in [2.05, 4.69) is 20.3 Å². The third kappa shape index (κ3) is 5.99. The third-order valence-electron chi connectivity index (χ3n) is 1.79. The molecular weight excluding hydrogens is 256 g/mol. The molecule has 98 valence electrons. The van der Waals surface area contributed by atoms with Gasteiger partial charge in [0, 0.05) is 25.2 Å². The zero-order valence-corrected chi connectivity index (χ0v) is 10.7. The van der Waals surface area contributed by atoms with Crippen LogP contribution in [0.5, 0.6) is 0 Å². The van der Waals surface area contributed by atoms with Gasteiger partial charge in [0.25, 0.3) is 5.96 Å². The van der Waals surface area contributed by atoms with Crippen LogP contribution in [0.15, 0.2) is 23.5 Å². The minimum atomic E-state index is -0.652. The molecule has 0 aliphatic heterocycles. The van der Waals surface area contributed by atoms with E-state index in [1.165, 1.54) is 0 Å². The predicted octanol–water partition coefficient (Wildman–Crippen LogP) is 0.0665. The molecule has 1 aromatic heterocycles. The lowest BCUT2D eigenvalue weighted by Crippen LogP contribution is -2.38. The van der Waals surface area contributed by atoms with E-state index in [1.54, 1.807) is 37.3 Å². The fourth-order valence-electron chi connectivity index (χ4n) is 1.05. The summed E-state index contributed by atoms with van der Waals surface area (Å²) in [7, 11) is 1.57. The number of aromatic nitrogens is 2. The number of hydrogen-bond acceptors (Lipinski definition) is 6. The molecule has 0 bridgehead atoms. The Bertz CT molecular complexity index is 399. The van der Waals surface area contributed by atoms with Crippen molar-refractivity contribution in [3.8, 4) is 0 Å². The van der Waals surface area contributed by atoms with Crippen LogP contribution in [0.3, 0.4) is 0 Å². The lowest BCUT2D eigenvalue weighted by atomic mass is 10.6. The predicted molar refractivity (Wildman–Crippen MR) is 69.7 cm³/mol. The van der Waals surface area contributed by atoms with Crippen molar-refractivity contribution in [2.24, 2.45) is 4.99 Å². The van der Waals surface area contributed by atoms with Gasteiger partial charge in [-0.25, -0.2) is 25.1 Å². The smallest absolute Gasteiger partial charge is 0.254 e. The standard InChI is InChI=1S/C9H14N6O2S/c1-10-9(14-15(16)17)13-5-6-18-7-8-11-3-2-4-12-8/h2-4H,5-7H2,1H3,(H2,10,13,14). The van der Waals surface area contributed by atoms with Crippen LogP contribution in [-0.4, -0.2) is 40.3 Å². The van der Waals surface area contributed by atoms with Crippen molar-refractivity contribution in [1.29, 1.82) is 0 Å². The van der Waals surface area contributed by atoms with Crippen LogP contribution < -0.4 is 10.7 Å². The van der Waals surface area contributed by atoms with Gasteiger partial charge in [0.05, 0.1) is 12.3 Å². The number of thioether (sulfide) groups is 1. The normalized spacial score (nSPS) is 11.1. The molecule has 8 nitrogen and oxygen atoms in total. The molecule has 0 aliphatic carbocycles. The van der Waals surface area contributed by atoms with Crippen molar-refractivity contribution in [1.82, 2.24) is 20.7 Å². The molecule has 1 heterocycles. The molecule has 0 aromatic carbocycles. The maximum Gasteiger partial charge on any atom is 0.254 e. The molecule has 0 radical (unpaired) electrons. The number of aliphatic imine (C=N–C) groups is 1. The first-order valence-electron chi connectivity index (χ1n) is 5.19. The van der Waals surface area contributed by atoms with E-state index < -0.39 is 5.03 Å². The molecule has 0 spiro atoms. The van der Waals surface area contributed by atoms with Gasteiger partial charge in [0.1, 0.15) is 5.82 Å². The summed E-state index contributed by atoms with van der Waals surface area (Å²) in [5, 5.41) is 12.1. The number of nitro groups is 1. The topological polar surface area (TPSA) is 105 Å². The Balaban J connectivity index is 2.21. The van der Waals surface area contributed by atoms with Crippen molar-refractivity contribution < 1.29 is 5.03 Å².